The molecule has 0 aliphatic rings. The predicted octanol–water partition coefficient (Wildman–Crippen LogP) is 2.56. The molecule has 1 aromatic carbocycles. The second kappa shape index (κ2) is 5.91. The van der Waals surface area contributed by atoms with Gasteiger partial charge in [-0.2, -0.15) is 0 Å². The summed E-state index contributed by atoms with van der Waals surface area (Å²) in [6.07, 6.45) is 0.909. The molecular formula is C12H19ClN2O2S. The minimum Gasteiger partial charge on any atom is -0.399 e. The van der Waals surface area contributed by atoms with E-state index in [2.05, 4.69) is 4.72 Å². The van der Waals surface area contributed by atoms with Crippen molar-refractivity contribution < 1.29 is 8.42 Å². The second-order valence-electron chi connectivity index (χ2n) is 4.52. The van der Waals surface area contributed by atoms with E-state index in [9.17, 15) is 8.42 Å². The van der Waals surface area contributed by atoms with Crippen molar-refractivity contribution in [3.63, 3.8) is 0 Å². The first-order valence-electron chi connectivity index (χ1n) is 5.83. The van der Waals surface area contributed by atoms with E-state index in [1.54, 1.807) is 13.0 Å². The Balaban J connectivity index is 3.05. The molecule has 1 aromatic rings. The van der Waals surface area contributed by atoms with Crippen molar-refractivity contribution >= 4 is 27.3 Å². The molecular weight excluding hydrogens is 272 g/mol. The number of aryl methyl sites for hydroxylation is 1. The average molecular weight is 291 g/mol. The monoisotopic (exact) mass is 290 g/mol. The fourth-order valence-electron chi connectivity index (χ4n) is 1.43. The number of nitrogens with two attached hydrogens (primary N) is 1. The van der Waals surface area contributed by atoms with Gasteiger partial charge >= 0.3 is 0 Å². The zero-order valence-corrected chi connectivity index (χ0v) is 12.4. The Morgan fingerprint density at radius 2 is 2.06 bits per heavy atom. The van der Waals surface area contributed by atoms with E-state index in [4.69, 9.17) is 17.3 Å². The lowest BCUT2D eigenvalue weighted by molar-refractivity contribution is 0.528. The molecule has 0 aliphatic heterocycles. The van der Waals surface area contributed by atoms with Gasteiger partial charge in [-0.25, -0.2) is 13.1 Å². The van der Waals surface area contributed by atoms with E-state index in [1.165, 1.54) is 6.07 Å². The van der Waals surface area contributed by atoms with Crippen LogP contribution in [0.2, 0.25) is 5.02 Å². The highest BCUT2D eigenvalue weighted by molar-refractivity contribution is 7.89. The zero-order valence-electron chi connectivity index (χ0n) is 10.8. The van der Waals surface area contributed by atoms with Crippen LogP contribution in [0.4, 0.5) is 5.69 Å². The highest BCUT2D eigenvalue weighted by Gasteiger charge is 2.20. The van der Waals surface area contributed by atoms with Crippen LogP contribution in [0.15, 0.2) is 17.0 Å². The highest BCUT2D eigenvalue weighted by Crippen LogP contribution is 2.27. The molecule has 102 valence electrons. The third-order valence-corrected chi connectivity index (χ3v) is 4.91. The summed E-state index contributed by atoms with van der Waals surface area (Å²) in [4.78, 5) is 0.0463. The van der Waals surface area contributed by atoms with Gasteiger partial charge in [-0.3, -0.25) is 0 Å². The van der Waals surface area contributed by atoms with Crippen molar-refractivity contribution in [2.75, 3.05) is 12.3 Å². The Bertz CT molecular complexity index is 529. The van der Waals surface area contributed by atoms with Crippen LogP contribution in [0.5, 0.6) is 0 Å². The number of hydrogen-bond acceptors (Lipinski definition) is 3. The molecule has 0 aliphatic carbocycles. The Hall–Kier alpha value is -0.780. The van der Waals surface area contributed by atoms with E-state index in [-0.39, 0.29) is 15.8 Å². The summed E-state index contributed by atoms with van der Waals surface area (Å²) in [5.41, 5.74) is 6.70. The Labute approximate surface area is 114 Å². The number of sulfonamides is 1. The van der Waals surface area contributed by atoms with Crippen LogP contribution in [-0.2, 0) is 10.0 Å². The first-order chi connectivity index (χ1) is 8.27. The summed E-state index contributed by atoms with van der Waals surface area (Å²) in [6, 6.07) is 3.03. The molecule has 1 rings (SSSR count). The lowest BCUT2D eigenvalue weighted by atomic mass is 10.1. The van der Waals surface area contributed by atoms with Crippen LogP contribution in [0, 0.1) is 12.8 Å². The van der Waals surface area contributed by atoms with Gasteiger partial charge in [0, 0.05) is 12.2 Å². The van der Waals surface area contributed by atoms with Gasteiger partial charge in [0.05, 0.1) is 5.02 Å². The van der Waals surface area contributed by atoms with Gasteiger partial charge in [-0.15, -0.1) is 0 Å². The Kier molecular flexibility index (Phi) is 5.01. The van der Waals surface area contributed by atoms with E-state index in [1.807, 2.05) is 13.8 Å². The Morgan fingerprint density at radius 1 is 1.44 bits per heavy atom. The molecule has 0 spiro atoms. The fraction of sp³-hybridized carbons (Fsp3) is 0.500. The minimum absolute atomic E-state index is 0.0463. The lowest BCUT2D eigenvalue weighted by Crippen LogP contribution is -2.28. The third kappa shape index (κ3) is 3.60. The van der Waals surface area contributed by atoms with Crippen LogP contribution in [0.1, 0.15) is 25.8 Å². The molecule has 0 heterocycles. The molecule has 0 radical (unpaired) electrons. The standard InChI is InChI=1S/C12H19ClN2O2S/c1-4-8(2)7-15-18(16,17)11-6-10(14)5-9(3)12(11)13/h5-6,8,15H,4,7,14H2,1-3H3. The molecule has 0 bridgehead atoms. The topological polar surface area (TPSA) is 72.2 Å². The highest BCUT2D eigenvalue weighted by atomic mass is 35.5. The maximum absolute atomic E-state index is 12.1. The SMILES string of the molecule is CCC(C)CNS(=O)(=O)c1cc(N)cc(C)c1Cl. The minimum atomic E-state index is -3.60. The van der Waals surface area contributed by atoms with Crippen LogP contribution in [0.3, 0.4) is 0 Å². The quantitative estimate of drug-likeness (QED) is 0.819. The number of benzene rings is 1. The van der Waals surface area contributed by atoms with Gasteiger partial charge in [0.15, 0.2) is 0 Å². The van der Waals surface area contributed by atoms with Gasteiger partial charge in [0.1, 0.15) is 4.90 Å². The normalized spacial score (nSPS) is 13.6. The molecule has 3 N–H and O–H groups in total. The third-order valence-electron chi connectivity index (χ3n) is 2.85. The van der Waals surface area contributed by atoms with Crippen molar-refractivity contribution in [3.05, 3.63) is 22.7 Å². The van der Waals surface area contributed by atoms with Gasteiger partial charge in [0.25, 0.3) is 0 Å². The molecule has 0 saturated heterocycles. The second-order valence-corrected chi connectivity index (χ2v) is 6.63. The molecule has 6 heteroatoms. The first kappa shape index (κ1) is 15.3. The average Bonchev–Trinajstić information content (AvgIpc) is 2.30. The number of hydrogen-bond donors (Lipinski definition) is 2. The number of nitrogen functional groups attached to an aromatic ring is 1. The number of nitrogens with one attached hydrogen (secondary N) is 1. The zero-order chi connectivity index (χ0) is 13.9. The molecule has 1 atom stereocenters. The molecule has 0 fully saturated rings. The molecule has 0 aromatic heterocycles. The van der Waals surface area contributed by atoms with Gasteiger partial charge < -0.3 is 5.73 Å². The van der Waals surface area contributed by atoms with Crippen molar-refractivity contribution in [3.8, 4) is 0 Å². The van der Waals surface area contributed by atoms with Gasteiger partial charge in [-0.1, -0.05) is 31.9 Å². The van der Waals surface area contributed by atoms with E-state index in [0.717, 1.165) is 6.42 Å². The summed E-state index contributed by atoms with van der Waals surface area (Å²) in [7, 11) is -3.60. The predicted molar refractivity (Wildman–Crippen MR) is 75.2 cm³/mol. The van der Waals surface area contributed by atoms with Crippen LogP contribution in [-0.4, -0.2) is 15.0 Å². The summed E-state index contributed by atoms with van der Waals surface area (Å²) in [6.45, 7) is 6.11. The summed E-state index contributed by atoms with van der Waals surface area (Å²) < 4.78 is 26.8. The number of rotatable bonds is 5. The van der Waals surface area contributed by atoms with Crippen molar-refractivity contribution in [1.29, 1.82) is 0 Å². The largest absolute Gasteiger partial charge is 0.399 e. The maximum atomic E-state index is 12.1. The molecule has 0 saturated carbocycles. The number of anilines is 1. The van der Waals surface area contributed by atoms with Crippen molar-refractivity contribution in [2.24, 2.45) is 5.92 Å². The molecule has 18 heavy (non-hydrogen) atoms. The lowest BCUT2D eigenvalue weighted by Gasteiger charge is -2.13. The van der Waals surface area contributed by atoms with Crippen LogP contribution < -0.4 is 10.5 Å². The molecule has 0 amide bonds. The number of halogens is 1. The summed E-state index contributed by atoms with van der Waals surface area (Å²) in [5, 5.41) is 0.223. The van der Waals surface area contributed by atoms with Gasteiger partial charge in [0.2, 0.25) is 10.0 Å². The van der Waals surface area contributed by atoms with E-state index >= 15 is 0 Å². The fourth-order valence-corrected chi connectivity index (χ4v) is 3.20. The van der Waals surface area contributed by atoms with Crippen molar-refractivity contribution in [2.45, 2.75) is 32.1 Å². The smallest absolute Gasteiger partial charge is 0.242 e. The van der Waals surface area contributed by atoms with Gasteiger partial charge in [-0.05, 0) is 30.5 Å². The van der Waals surface area contributed by atoms with E-state index in [0.29, 0.717) is 17.8 Å². The van der Waals surface area contributed by atoms with Crippen molar-refractivity contribution in [1.82, 2.24) is 4.72 Å². The van der Waals surface area contributed by atoms with E-state index < -0.39 is 10.0 Å². The Morgan fingerprint density at radius 3 is 2.61 bits per heavy atom. The summed E-state index contributed by atoms with van der Waals surface area (Å²) in [5.74, 6) is 0.278. The maximum Gasteiger partial charge on any atom is 0.242 e. The first-order valence-corrected chi connectivity index (χ1v) is 7.69. The van der Waals surface area contributed by atoms with Crippen LogP contribution in [0.25, 0.3) is 0 Å². The molecule has 4 nitrogen and oxygen atoms in total. The van der Waals surface area contributed by atoms with Crippen LogP contribution >= 0.6 is 11.6 Å². The molecule has 1 unspecified atom stereocenters. The summed E-state index contributed by atoms with van der Waals surface area (Å²) >= 11 is 6.02.